The van der Waals surface area contributed by atoms with E-state index in [4.69, 9.17) is 14.2 Å². The van der Waals surface area contributed by atoms with Gasteiger partial charge in [-0.1, -0.05) is 17.7 Å². The third-order valence-corrected chi connectivity index (χ3v) is 4.14. The van der Waals surface area contributed by atoms with Gasteiger partial charge in [0, 0.05) is 23.4 Å². The van der Waals surface area contributed by atoms with Crippen LogP contribution in [0.2, 0.25) is 0 Å². The fourth-order valence-electron chi connectivity index (χ4n) is 2.57. The van der Waals surface area contributed by atoms with Gasteiger partial charge in [-0.15, -0.1) is 0 Å². The summed E-state index contributed by atoms with van der Waals surface area (Å²) in [5, 5.41) is 2.77. The van der Waals surface area contributed by atoms with E-state index in [1.165, 1.54) is 20.1 Å². The molecule has 148 valence electrons. The van der Waals surface area contributed by atoms with Crippen molar-refractivity contribution < 1.29 is 23.8 Å². The van der Waals surface area contributed by atoms with Gasteiger partial charge in [0.2, 0.25) is 0 Å². The molecule has 1 atom stereocenters. The molecule has 2 aromatic rings. The maximum Gasteiger partial charge on any atom is 0.331 e. The van der Waals surface area contributed by atoms with Gasteiger partial charge < -0.3 is 19.5 Å². The molecular weight excluding hydrogens is 358 g/mol. The molecule has 28 heavy (non-hydrogen) atoms. The molecule has 0 heterocycles. The maximum absolute atomic E-state index is 12.3. The van der Waals surface area contributed by atoms with E-state index >= 15 is 0 Å². The minimum atomic E-state index is -0.935. The number of esters is 1. The Labute approximate surface area is 165 Å². The predicted octanol–water partition coefficient (Wildman–Crippen LogP) is 3.90. The first-order valence-corrected chi connectivity index (χ1v) is 8.83. The Bertz CT molecular complexity index is 888. The van der Waals surface area contributed by atoms with Gasteiger partial charge in [-0.3, -0.25) is 4.79 Å². The van der Waals surface area contributed by atoms with Gasteiger partial charge in [0.05, 0.1) is 14.2 Å². The Morgan fingerprint density at radius 1 is 1.04 bits per heavy atom. The minimum Gasteiger partial charge on any atom is -0.497 e. The van der Waals surface area contributed by atoms with E-state index in [1.54, 1.807) is 31.4 Å². The first-order chi connectivity index (χ1) is 13.3. The molecule has 6 nitrogen and oxygen atoms in total. The van der Waals surface area contributed by atoms with Gasteiger partial charge in [-0.2, -0.15) is 0 Å². The molecule has 0 saturated carbocycles. The summed E-state index contributed by atoms with van der Waals surface area (Å²) >= 11 is 0. The van der Waals surface area contributed by atoms with E-state index in [0.29, 0.717) is 22.7 Å². The molecule has 0 bridgehead atoms. The van der Waals surface area contributed by atoms with Gasteiger partial charge >= 0.3 is 5.97 Å². The molecule has 0 aliphatic carbocycles. The summed E-state index contributed by atoms with van der Waals surface area (Å²) in [7, 11) is 3.09. The molecule has 2 rings (SSSR count). The molecule has 0 aliphatic rings. The Kier molecular flexibility index (Phi) is 7.21. The lowest BCUT2D eigenvalue weighted by Crippen LogP contribution is -2.29. The van der Waals surface area contributed by atoms with Crippen LogP contribution in [0.4, 0.5) is 5.69 Å². The highest BCUT2D eigenvalue weighted by Crippen LogP contribution is 2.25. The van der Waals surface area contributed by atoms with Crippen LogP contribution in [0.25, 0.3) is 6.08 Å². The number of nitrogens with one attached hydrogen (secondary N) is 1. The fraction of sp³-hybridized carbons (Fsp3) is 0.273. The number of rotatable bonds is 7. The minimum absolute atomic E-state index is 0.393. The summed E-state index contributed by atoms with van der Waals surface area (Å²) in [6, 6.07) is 10.9. The second-order valence-electron chi connectivity index (χ2n) is 6.33. The average Bonchev–Trinajstić information content (AvgIpc) is 2.68. The number of hydrogen-bond acceptors (Lipinski definition) is 5. The lowest BCUT2D eigenvalue weighted by atomic mass is 10.1. The summed E-state index contributed by atoms with van der Waals surface area (Å²) < 4.78 is 15.6. The van der Waals surface area contributed by atoms with Crippen LogP contribution in [0.5, 0.6) is 11.5 Å². The summed E-state index contributed by atoms with van der Waals surface area (Å²) in [6.07, 6.45) is 1.89. The van der Waals surface area contributed by atoms with E-state index in [9.17, 15) is 9.59 Å². The first-order valence-electron chi connectivity index (χ1n) is 8.83. The molecule has 1 N–H and O–H groups in total. The number of carbonyl (C=O) groups is 2. The van der Waals surface area contributed by atoms with Crippen molar-refractivity contribution in [3.05, 3.63) is 59.2 Å². The van der Waals surface area contributed by atoms with Gasteiger partial charge in [0.25, 0.3) is 5.91 Å². The zero-order valence-electron chi connectivity index (χ0n) is 16.7. The number of carbonyl (C=O) groups excluding carboxylic acids is 2. The summed E-state index contributed by atoms with van der Waals surface area (Å²) in [6.45, 7) is 5.41. The Morgan fingerprint density at radius 3 is 2.43 bits per heavy atom. The standard InChI is InChI=1S/C22H25NO5/c1-14-6-10-19(15(2)12-14)23-22(25)16(3)28-21(24)11-8-17-7-9-18(26-4)13-20(17)27-5/h6-13,16H,1-5H3,(H,23,25)/b11-8+/t16-/m1/s1. The highest BCUT2D eigenvalue weighted by atomic mass is 16.5. The molecule has 6 heteroatoms. The quantitative estimate of drug-likeness (QED) is 0.580. The van der Waals surface area contributed by atoms with Crippen LogP contribution in [0.15, 0.2) is 42.5 Å². The van der Waals surface area contributed by atoms with Gasteiger partial charge in [-0.25, -0.2) is 4.79 Å². The van der Waals surface area contributed by atoms with Gasteiger partial charge in [0.15, 0.2) is 6.10 Å². The second kappa shape index (κ2) is 9.60. The lowest BCUT2D eigenvalue weighted by Gasteiger charge is -2.14. The van der Waals surface area contributed by atoms with Crippen LogP contribution >= 0.6 is 0 Å². The smallest absolute Gasteiger partial charge is 0.331 e. The van der Waals surface area contributed by atoms with Crippen LogP contribution < -0.4 is 14.8 Å². The Morgan fingerprint density at radius 2 is 1.79 bits per heavy atom. The second-order valence-corrected chi connectivity index (χ2v) is 6.33. The van der Waals surface area contributed by atoms with Crippen molar-refractivity contribution in [1.29, 1.82) is 0 Å². The largest absolute Gasteiger partial charge is 0.497 e. The molecule has 0 fully saturated rings. The number of anilines is 1. The zero-order valence-corrected chi connectivity index (χ0v) is 16.7. The van der Waals surface area contributed by atoms with E-state index in [-0.39, 0.29) is 0 Å². The van der Waals surface area contributed by atoms with Crippen molar-refractivity contribution in [3.8, 4) is 11.5 Å². The molecule has 0 aliphatic heterocycles. The predicted molar refractivity (Wildman–Crippen MR) is 109 cm³/mol. The zero-order chi connectivity index (χ0) is 20.7. The van der Waals surface area contributed by atoms with Crippen LogP contribution in [-0.2, 0) is 14.3 Å². The van der Waals surface area contributed by atoms with Gasteiger partial charge in [0.1, 0.15) is 11.5 Å². The highest BCUT2D eigenvalue weighted by Gasteiger charge is 2.17. The summed E-state index contributed by atoms with van der Waals surface area (Å²) in [5.41, 5.74) is 3.43. The van der Waals surface area contributed by atoms with Crippen LogP contribution in [0.3, 0.4) is 0 Å². The van der Waals surface area contributed by atoms with E-state index in [2.05, 4.69) is 5.32 Å². The van der Waals surface area contributed by atoms with Crippen molar-refractivity contribution in [3.63, 3.8) is 0 Å². The summed E-state index contributed by atoms with van der Waals surface area (Å²) in [4.78, 5) is 24.3. The maximum atomic E-state index is 12.3. The highest BCUT2D eigenvalue weighted by molar-refractivity contribution is 5.97. The normalized spacial score (nSPS) is 11.8. The molecule has 0 spiro atoms. The fourth-order valence-corrected chi connectivity index (χ4v) is 2.57. The number of ether oxygens (including phenoxy) is 3. The van der Waals surface area contributed by atoms with Gasteiger partial charge in [-0.05, 0) is 50.6 Å². The number of benzene rings is 2. The Balaban J connectivity index is 1.98. The molecule has 0 aromatic heterocycles. The van der Waals surface area contributed by atoms with Crippen molar-refractivity contribution in [2.24, 2.45) is 0 Å². The molecule has 0 radical (unpaired) electrons. The SMILES string of the molecule is COc1ccc(/C=C/C(=O)O[C@H](C)C(=O)Nc2ccc(C)cc2C)c(OC)c1. The van der Waals surface area contributed by atoms with E-state index in [1.807, 2.05) is 32.0 Å². The lowest BCUT2D eigenvalue weighted by molar-refractivity contribution is -0.148. The van der Waals surface area contributed by atoms with E-state index < -0.39 is 18.0 Å². The third kappa shape index (κ3) is 5.61. The number of methoxy groups -OCH3 is 2. The van der Waals surface area contributed by atoms with Crippen molar-refractivity contribution in [1.82, 2.24) is 0 Å². The monoisotopic (exact) mass is 383 g/mol. The summed E-state index contributed by atoms with van der Waals surface area (Å²) in [5.74, 6) is 0.189. The number of amides is 1. The first kappa shape index (κ1) is 21.0. The van der Waals surface area contributed by atoms with Crippen molar-refractivity contribution >= 4 is 23.6 Å². The van der Waals surface area contributed by atoms with Crippen molar-refractivity contribution in [2.75, 3.05) is 19.5 Å². The average molecular weight is 383 g/mol. The molecular formula is C22H25NO5. The number of aryl methyl sites for hydroxylation is 2. The van der Waals surface area contributed by atoms with Crippen LogP contribution in [0.1, 0.15) is 23.6 Å². The van der Waals surface area contributed by atoms with Crippen molar-refractivity contribution in [2.45, 2.75) is 26.9 Å². The van der Waals surface area contributed by atoms with E-state index in [0.717, 1.165) is 11.1 Å². The Hall–Kier alpha value is -3.28. The molecule has 2 aromatic carbocycles. The molecule has 0 saturated heterocycles. The van der Waals surface area contributed by atoms with Crippen LogP contribution in [-0.4, -0.2) is 32.2 Å². The third-order valence-electron chi connectivity index (χ3n) is 4.14. The molecule has 0 unspecified atom stereocenters. The number of hydrogen-bond donors (Lipinski definition) is 1. The van der Waals surface area contributed by atoms with Crippen LogP contribution in [0, 0.1) is 13.8 Å². The topological polar surface area (TPSA) is 73.9 Å². The molecule has 1 amide bonds.